The molecule has 0 radical (unpaired) electrons. The van der Waals surface area contributed by atoms with Gasteiger partial charge in [-0.15, -0.1) is 0 Å². The molecule has 12 heteroatoms. The van der Waals surface area contributed by atoms with Crippen molar-refractivity contribution in [3.63, 3.8) is 0 Å². The molecule has 226 valence electrons. The van der Waals surface area contributed by atoms with Crippen LogP contribution in [0.2, 0.25) is 0 Å². The second kappa shape index (κ2) is 10.4. The van der Waals surface area contributed by atoms with Crippen LogP contribution in [0.5, 0.6) is 17.6 Å². The lowest BCUT2D eigenvalue weighted by atomic mass is 9.94. The van der Waals surface area contributed by atoms with Crippen molar-refractivity contribution < 1.29 is 32.9 Å². The van der Waals surface area contributed by atoms with Gasteiger partial charge in [-0.3, -0.25) is 4.90 Å². The number of aromatic hydroxyl groups is 1. The number of pyridine rings is 1. The minimum Gasteiger partial charge on any atom is -0.508 e. The zero-order chi connectivity index (χ0) is 30.0. The number of nitrogens with one attached hydrogen (secondary N) is 1. The summed E-state index contributed by atoms with van der Waals surface area (Å²) in [5.41, 5.74) is -0.282. The van der Waals surface area contributed by atoms with Crippen molar-refractivity contribution in [2.24, 2.45) is 0 Å². The van der Waals surface area contributed by atoms with E-state index in [1.54, 1.807) is 13.8 Å². The largest absolute Gasteiger partial charge is 0.508 e. The Balaban J connectivity index is 1.41. The summed E-state index contributed by atoms with van der Waals surface area (Å²) in [5, 5.41) is 25.2. The molecule has 2 aromatic heterocycles. The fourth-order valence-corrected chi connectivity index (χ4v) is 6.90. The molecule has 0 bridgehead atoms. The number of rotatable bonds is 6. The van der Waals surface area contributed by atoms with Gasteiger partial charge in [-0.05, 0) is 67.3 Å². The number of nitrogens with zero attached hydrogens (tertiary/aromatic N) is 4. The number of hydrogen-bond donors (Lipinski definition) is 3. The van der Waals surface area contributed by atoms with Gasteiger partial charge in [0.1, 0.15) is 53.4 Å². The molecule has 3 aliphatic rings. The standard InChI is InChI=1S/C31H32F3N5O4/c1-3-19-21(33)6-5-16-9-18(41)10-20(23(16)19)26-25(34)27-24-28(35-22(15(2)40)13-42-29(24)36-26)38-30(37-27)43-14-31-7-4-8-39(31)12-17(32)11-31/h5-6,9-10,15,17,22,40-41H,3-4,7-8,11-14H2,1-2H3,(H,35,37,38)/t15-,17-,22-,31+/m1/s1. The number of halogens is 3. The Hall–Kier alpha value is -3.90. The molecule has 4 atom stereocenters. The third-order valence-corrected chi connectivity index (χ3v) is 9.03. The van der Waals surface area contributed by atoms with Crippen LogP contribution in [0.25, 0.3) is 32.9 Å². The summed E-state index contributed by atoms with van der Waals surface area (Å²) in [6.45, 7) is 4.65. The number of benzene rings is 2. The van der Waals surface area contributed by atoms with E-state index in [0.29, 0.717) is 35.7 Å². The van der Waals surface area contributed by atoms with E-state index in [1.807, 2.05) is 0 Å². The number of phenolic OH excluding ortho intramolecular Hbond substituents is 1. The van der Waals surface area contributed by atoms with Gasteiger partial charge in [0.05, 0.1) is 17.7 Å². The van der Waals surface area contributed by atoms with Crippen LogP contribution in [0.15, 0.2) is 24.3 Å². The van der Waals surface area contributed by atoms with Crippen LogP contribution in [-0.4, -0.2) is 80.2 Å². The van der Waals surface area contributed by atoms with E-state index in [9.17, 15) is 19.0 Å². The molecule has 43 heavy (non-hydrogen) atoms. The number of aryl methyl sites for hydroxylation is 1. The molecule has 3 N–H and O–H groups in total. The molecule has 4 aromatic rings. The van der Waals surface area contributed by atoms with E-state index in [-0.39, 0.29) is 58.8 Å². The Morgan fingerprint density at radius 3 is 2.84 bits per heavy atom. The fraction of sp³-hybridized carbons (Fsp3) is 0.452. The summed E-state index contributed by atoms with van der Waals surface area (Å²) in [7, 11) is 0. The molecule has 0 aliphatic carbocycles. The fourth-order valence-electron chi connectivity index (χ4n) is 6.90. The maximum absolute atomic E-state index is 16.7. The second-order valence-corrected chi connectivity index (χ2v) is 11.8. The number of anilines is 1. The lowest BCUT2D eigenvalue weighted by Crippen LogP contribution is -2.43. The monoisotopic (exact) mass is 595 g/mol. The molecule has 2 aromatic carbocycles. The molecule has 0 saturated carbocycles. The van der Waals surface area contributed by atoms with Gasteiger partial charge >= 0.3 is 6.01 Å². The lowest BCUT2D eigenvalue weighted by molar-refractivity contribution is 0.107. The molecule has 7 rings (SSSR count). The molecule has 2 fully saturated rings. The number of hydrogen-bond acceptors (Lipinski definition) is 9. The average Bonchev–Trinajstić information content (AvgIpc) is 3.43. The van der Waals surface area contributed by atoms with Gasteiger partial charge in [-0.25, -0.2) is 18.2 Å². The maximum atomic E-state index is 16.7. The summed E-state index contributed by atoms with van der Waals surface area (Å²) < 4.78 is 58.0. The number of fused-ring (bicyclic) bond motifs is 2. The number of aromatic nitrogens is 3. The van der Waals surface area contributed by atoms with Crippen molar-refractivity contribution >= 4 is 27.5 Å². The summed E-state index contributed by atoms with van der Waals surface area (Å²) in [6, 6.07) is 4.95. The maximum Gasteiger partial charge on any atom is 0.319 e. The molecular weight excluding hydrogens is 563 g/mol. The number of phenols is 1. The van der Waals surface area contributed by atoms with Crippen LogP contribution in [0.3, 0.4) is 0 Å². The summed E-state index contributed by atoms with van der Waals surface area (Å²) in [6.07, 6.45) is 0.571. The number of aliphatic hydroxyl groups excluding tert-OH is 1. The highest BCUT2D eigenvalue weighted by Gasteiger charge is 2.49. The number of ether oxygens (including phenoxy) is 2. The van der Waals surface area contributed by atoms with E-state index in [1.165, 1.54) is 24.3 Å². The highest BCUT2D eigenvalue weighted by molar-refractivity contribution is 6.03. The minimum absolute atomic E-state index is 0.0109. The Bertz CT molecular complexity index is 1750. The predicted octanol–water partition coefficient (Wildman–Crippen LogP) is 4.90. The average molecular weight is 596 g/mol. The molecule has 0 amide bonds. The molecular formula is C31H32F3N5O4. The smallest absolute Gasteiger partial charge is 0.319 e. The zero-order valence-electron chi connectivity index (χ0n) is 23.8. The SMILES string of the molecule is CCc1c(F)ccc2cc(O)cc(-c3nc4c5c(nc(OC[C@@]67CCCN6C[C@H](F)C7)nc5c3F)N[C@@H]([C@@H](C)O)CO4)c12. The minimum atomic E-state index is -0.944. The normalized spacial score (nSPS) is 24.0. The number of aliphatic hydroxyl groups is 1. The van der Waals surface area contributed by atoms with Crippen LogP contribution < -0.4 is 14.8 Å². The first kappa shape index (κ1) is 27.9. The van der Waals surface area contributed by atoms with Gasteiger partial charge in [-0.2, -0.15) is 9.97 Å². The molecule has 5 heterocycles. The zero-order valence-corrected chi connectivity index (χ0v) is 23.8. The summed E-state index contributed by atoms with van der Waals surface area (Å²) >= 11 is 0. The van der Waals surface area contributed by atoms with E-state index in [2.05, 4.69) is 25.2 Å². The van der Waals surface area contributed by atoms with Gasteiger partial charge in [0.25, 0.3) is 0 Å². The van der Waals surface area contributed by atoms with Gasteiger partial charge in [0.15, 0.2) is 5.82 Å². The Morgan fingerprint density at radius 1 is 1.21 bits per heavy atom. The topological polar surface area (TPSA) is 113 Å². The van der Waals surface area contributed by atoms with Crippen LogP contribution in [0.1, 0.15) is 38.7 Å². The molecule has 3 aliphatic heterocycles. The molecule has 9 nitrogen and oxygen atoms in total. The molecule has 0 spiro atoms. The highest BCUT2D eigenvalue weighted by atomic mass is 19.1. The van der Waals surface area contributed by atoms with Gasteiger partial charge in [0, 0.05) is 18.5 Å². The second-order valence-electron chi connectivity index (χ2n) is 11.8. The van der Waals surface area contributed by atoms with Crippen molar-refractivity contribution in [3.8, 4) is 28.9 Å². The van der Waals surface area contributed by atoms with Crippen LogP contribution in [0.4, 0.5) is 19.0 Å². The predicted molar refractivity (Wildman–Crippen MR) is 154 cm³/mol. The van der Waals surface area contributed by atoms with Crippen molar-refractivity contribution in [2.75, 3.05) is 31.6 Å². The van der Waals surface area contributed by atoms with E-state index in [4.69, 9.17) is 9.47 Å². The Morgan fingerprint density at radius 2 is 2.05 bits per heavy atom. The van der Waals surface area contributed by atoms with Crippen molar-refractivity contribution in [3.05, 3.63) is 41.5 Å². The quantitative estimate of drug-likeness (QED) is 0.287. The lowest BCUT2D eigenvalue weighted by Gasteiger charge is -2.30. The van der Waals surface area contributed by atoms with Crippen LogP contribution in [0, 0.1) is 11.6 Å². The van der Waals surface area contributed by atoms with Crippen molar-refractivity contribution in [1.29, 1.82) is 0 Å². The van der Waals surface area contributed by atoms with Crippen LogP contribution >= 0.6 is 0 Å². The molecule has 0 unspecified atom stereocenters. The summed E-state index contributed by atoms with van der Waals surface area (Å²) in [4.78, 5) is 15.6. The third kappa shape index (κ3) is 4.58. The summed E-state index contributed by atoms with van der Waals surface area (Å²) in [5.74, 6) is -1.24. The van der Waals surface area contributed by atoms with E-state index >= 15 is 4.39 Å². The van der Waals surface area contributed by atoms with Gasteiger partial charge < -0.3 is 25.0 Å². The molecule has 2 saturated heterocycles. The Labute approximate surface area is 245 Å². The van der Waals surface area contributed by atoms with Crippen molar-refractivity contribution in [2.45, 2.75) is 63.4 Å². The highest BCUT2D eigenvalue weighted by Crippen LogP contribution is 2.43. The van der Waals surface area contributed by atoms with Gasteiger partial charge in [-0.1, -0.05) is 13.0 Å². The number of alkyl halides is 1. The first-order valence-electron chi connectivity index (χ1n) is 14.6. The Kier molecular flexibility index (Phi) is 6.73. The van der Waals surface area contributed by atoms with E-state index < -0.39 is 35.5 Å². The first-order valence-corrected chi connectivity index (χ1v) is 14.6. The van der Waals surface area contributed by atoms with Crippen LogP contribution in [-0.2, 0) is 6.42 Å². The van der Waals surface area contributed by atoms with Gasteiger partial charge in [0.2, 0.25) is 5.88 Å². The third-order valence-electron chi connectivity index (χ3n) is 9.03. The first-order chi connectivity index (χ1) is 20.7. The van der Waals surface area contributed by atoms with Crippen molar-refractivity contribution in [1.82, 2.24) is 19.9 Å². The van der Waals surface area contributed by atoms with E-state index in [0.717, 1.165) is 19.4 Å².